The molecule has 1 atom stereocenters. The van der Waals surface area contributed by atoms with Crippen LogP contribution in [0.1, 0.15) is 19.8 Å². The van der Waals surface area contributed by atoms with Crippen LogP contribution in [-0.2, 0) is 20.0 Å². The molecule has 0 aromatic heterocycles. The van der Waals surface area contributed by atoms with Crippen LogP contribution in [-0.4, -0.2) is 41.6 Å². The highest BCUT2D eigenvalue weighted by molar-refractivity contribution is 7.90. The average molecular weight is 336 g/mol. The maximum atomic E-state index is 12.0. The van der Waals surface area contributed by atoms with Gasteiger partial charge in [0.1, 0.15) is 0 Å². The zero-order chi connectivity index (χ0) is 16.1. The van der Waals surface area contributed by atoms with Gasteiger partial charge < -0.3 is 5.11 Å². The first-order chi connectivity index (χ1) is 9.69. The van der Waals surface area contributed by atoms with Crippen LogP contribution in [0.25, 0.3) is 0 Å². The average Bonchev–Trinajstić information content (AvgIpc) is 2.43. The van der Waals surface area contributed by atoms with Crippen molar-refractivity contribution in [1.29, 1.82) is 0 Å². The molecule has 1 rings (SSSR count). The third kappa shape index (κ3) is 5.36. The lowest BCUT2D eigenvalue weighted by molar-refractivity contribution is 0.182. The van der Waals surface area contributed by atoms with Crippen molar-refractivity contribution in [2.45, 2.75) is 35.7 Å². The Morgan fingerprint density at radius 2 is 1.52 bits per heavy atom. The minimum atomic E-state index is -3.67. The third-order valence-corrected chi connectivity index (χ3v) is 5.71. The minimum absolute atomic E-state index is 0.00180. The molecule has 9 heteroatoms. The summed E-state index contributed by atoms with van der Waals surface area (Å²) in [4.78, 5) is -0.00680. The van der Waals surface area contributed by atoms with Gasteiger partial charge in [-0.3, -0.25) is 0 Å². The molecule has 0 aliphatic carbocycles. The Bertz CT molecular complexity index is 651. The topological polar surface area (TPSA) is 113 Å². The van der Waals surface area contributed by atoms with E-state index >= 15 is 0 Å². The van der Waals surface area contributed by atoms with E-state index in [2.05, 4.69) is 9.44 Å². The SMILES string of the molecule is CNS(=O)(=O)c1ccc(S(=O)(=O)NCCCC(C)O)cc1. The number of hydrogen-bond donors (Lipinski definition) is 3. The summed E-state index contributed by atoms with van der Waals surface area (Å²) in [6.07, 6.45) is 0.547. The van der Waals surface area contributed by atoms with Gasteiger partial charge in [-0.15, -0.1) is 0 Å². The predicted molar refractivity (Wildman–Crippen MR) is 78.8 cm³/mol. The molecule has 1 aromatic rings. The van der Waals surface area contributed by atoms with Gasteiger partial charge in [0.25, 0.3) is 0 Å². The first kappa shape index (κ1) is 18.1. The quantitative estimate of drug-likeness (QED) is 0.580. The predicted octanol–water partition coefficient (Wildman–Crippen LogP) is 0.0340. The van der Waals surface area contributed by atoms with Crippen LogP contribution >= 0.6 is 0 Å². The van der Waals surface area contributed by atoms with Crippen molar-refractivity contribution in [3.05, 3.63) is 24.3 Å². The second-order valence-electron chi connectivity index (χ2n) is 4.57. The molecule has 0 heterocycles. The van der Waals surface area contributed by atoms with E-state index in [9.17, 15) is 16.8 Å². The summed E-state index contributed by atoms with van der Waals surface area (Å²) < 4.78 is 51.6. The molecular weight excluding hydrogens is 316 g/mol. The molecule has 3 N–H and O–H groups in total. The van der Waals surface area contributed by atoms with Gasteiger partial charge in [-0.05, 0) is 51.1 Å². The summed E-state index contributed by atoms with van der Waals surface area (Å²) >= 11 is 0. The van der Waals surface area contributed by atoms with Gasteiger partial charge in [-0.25, -0.2) is 26.3 Å². The molecule has 0 fully saturated rings. The summed E-state index contributed by atoms with van der Waals surface area (Å²) in [6.45, 7) is 1.85. The fourth-order valence-corrected chi connectivity index (χ4v) is 3.41. The molecule has 120 valence electrons. The summed E-state index contributed by atoms with van der Waals surface area (Å²) in [6, 6.07) is 4.94. The number of hydrogen-bond acceptors (Lipinski definition) is 5. The monoisotopic (exact) mass is 336 g/mol. The minimum Gasteiger partial charge on any atom is -0.393 e. The van der Waals surface area contributed by atoms with Crippen LogP contribution in [0.15, 0.2) is 34.1 Å². The molecular formula is C12H20N2O5S2. The summed E-state index contributed by atoms with van der Waals surface area (Å²) in [5, 5.41) is 9.09. The van der Waals surface area contributed by atoms with Crippen LogP contribution in [0, 0.1) is 0 Å². The molecule has 7 nitrogen and oxygen atoms in total. The van der Waals surface area contributed by atoms with E-state index in [1.807, 2.05) is 0 Å². The molecule has 0 radical (unpaired) electrons. The van der Waals surface area contributed by atoms with Crippen molar-refractivity contribution in [2.75, 3.05) is 13.6 Å². The van der Waals surface area contributed by atoms with E-state index in [0.29, 0.717) is 12.8 Å². The molecule has 0 bridgehead atoms. The molecule has 0 amide bonds. The normalized spacial score (nSPS) is 14.0. The van der Waals surface area contributed by atoms with Crippen molar-refractivity contribution < 1.29 is 21.9 Å². The Morgan fingerprint density at radius 1 is 1.05 bits per heavy atom. The first-order valence-corrected chi connectivity index (χ1v) is 9.37. The molecule has 0 aliphatic rings. The van der Waals surface area contributed by atoms with Crippen molar-refractivity contribution in [3.63, 3.8) is 0 Å². The van der Waals surface area contributed by atoms with E-state index in [4.69, 9.17) is 5.11 Å². The smallest absolute Gasteiger partial charge is 0.240 e. The van der Waals surface area contributed by atoms with Gasteiger partial charge in [-0.1, -0.05) is 0 Å². The zero-order valence-corrected chi connectivity index (χ0v) is 13.5. The van der Waals surface area contributed by atoms with Crippen LogP contribution in [0.2, 0.25) is 0 Å². The molecule has 1 aromatic carbocycles. The van der Waals surface area contributed by atoms with Crippen molar-refractivity contribution >= 4 is 20.0 Å². The summed E-state index contributed by atoms with van der Waals surface area (Å²) in [7, 11) is -5.98. The van der Waals surface area contributed by atoms with Crippen LogP contribution in [0.5, 0.6) is 0 Å². The summed E-state index contributed by atoms with van der Waals surface area (Å²) in [5.41, 5.74) is 0. The highest BCUT2D eigenvalue weighted by Gasteiger charge is 2.16. The summed E-state index contributed by atoms with van der Waals surface area (Å²) in [5.74, 6) is 0. The second-order valence-corrected chi connectivity index (χ2v) is 8.22. The zero-order valence-electron chi connectivity index (χ0n) is 11.9. The third-order valence-electron chi connectivity index (χ3n) is 2.80. The Hall–Kier alpha value is -1.00. The number of aliphatic hydroxyl groups excluding tert-OH is 1. The maximum Gasteiger partial charge on any atom is 0.240 e. The van der Waals surface area contributed by atoms with Gasteiger partial charge in [0, 0.05) is 6.54 Å². The van der Waals surface area contributed by atoms with E-state index in [1.54, 1.807) is 6.92 Å². The molecule has 0 saturated carbocycles. The van der Waals surface area contributed by atoms with Gasteiger partial charge in [0.2, 0.25) is 20.0 Å². The second kappa shape index (κ2) is 7.32. The number of sulfonamides is 2. The van der Waals surface area contributed by atoms with Crippen molar-refractivity contribution in [2.24, 2.45) is 0 Å². The lowest BCUT2D eigenvalue weighted by Gasteiger charge is -2.08. The molecule has 21 heavy (non-hydrogen) atoms. The molecule has 0 aliphatic heterocycles. The van der Waals surface area contributed by atoms with Gasteiger partial charge in [-0.2, -0.15) is 0 Å². The number of nitrogens with one attached hydrogen (secondary N) is 2. The fourth-order valence-electron chi connectivity index (χ4n) is 1.60. The van der Waals surface area contributed by atoms with Crippen molar-refractivity contribution in [3.8, 4) is 0 Å². The standard InChI is InChI=1S/C12H20N2O5S2/c1-10(15)4-3-9-14-21(18,19)12-7-5-11(6-8-12)20(16,17)13-2/h5-8,10,13-15H,3-4,9H2,1-2H3. The Kier molecular flexibility index (Phi) is 6.29. The largest absolute Gasteiger partial charge is 0.393 e. The fraction of sp³-hybridized carbons (Fsp3) is 0.500. The Labute approximate surface area is 125 Å². The van der Waals surface area contributed by atoms with Gasteiger partial charge in [0.05, 0.1) is 15.9 Å². The maximum absolute atomic E-state index is 12.0. The van der Waals surface area contributed by atoms with E-state index in [0.717, 1.165) is 0 Å². The van der Waals surface area contributed by atoms with E-state index < -0.39 is 26.2 Å². The Morgan fingerprint density at radius 3 is 1.95 bits per heavy atom. The van der Waals surface area contributed by atoms with Crippen LogP contribution < -0.4 is 9.44 Å². The lowest BCUT2D eigenvalue weighted by atomic mass is 10.2. The lowest BCUT2D eigenvalue weighted by Crippen LogP contribution is -2.25. The van der Waals surface area contributed by atoms with Crippen LogP contribution in [0.3, 0.4) is 0 Å². The molecule has 0 spiro atoms. The molecule has 1 unspecified atom stereocenters. The molecule has 0 saturated heterocycles. The number of benzene rings is 1. The number of rotatable bonds is 8. The van der Waals surface area contributed by atoms with Gasteiger partial charge in [0.15, 0.2) is 0 Å². The first-order valence-electron chi connectivity index (χ1n) is 6.40. The number of aliphatic hydroxyl groups is 1. The highest BCUT2D eigenvalue weighted by atomic mass is 32.2. The van der Waals surface area contributed by atoms with Gasteiger partial charge >= 0.3 is 0 Å². The van der Waals surface area contributed by atoms with E-state index in [-0.39, 0.29) is 16.3 Å². The van der Waals surface area contributed by atoms with Crippen LogP contribution in [0.4, 0.5) is 0 Å². The van der Waals surface area contributed by atoms with E-state index in [1.165, 1.54) is 31.3 Å². The van der Waals surface area contributed by atoms with Crippen molar-refractivity contribution in [1.82, 2.24) is 9.44 Å². The Balaban J connectivity index is 2.76. The highest BCUT2D eigenvalue weighted by Crippen LogP contribution is 2.14.